The molecule has 1 unspecified atom stereocenters. The van der Waals surface area contributed by atoms with Gasteiger partial charge in [-0.1, -0.05) is 19.1 Å². The molecule has 1 atom stereocenters. The van der Waals surface area contributed by atoms with Crippen molar-refractivity contribution >= 4 is 17.3 Å². The summed E-state index contributed by atoms with van der Waals surface area (Å²) in [5.41, 5.74) is -0.0146. The molecule has 0 aliphatic heterocycles. The average molecular weight is 230 g/mol. The lowest BCUT2D eigenvalue weighted by atomic mass is 10.2. The van der Waals surface area contributed by atoms with Crippen LogP contribution in [0.3, 0.4) is 0 Å². The highest BCUT2D eigenvalue weighted by atomic mass is 35.5. The maximum atomic E-state index is 10.6. The lowest BCUT2D eigenvalue weighted by molar-refractivity contribution is -0.385. The standard InChI is InChI=1S/C10H12ClNO3/c1-8(6-11)7-15-10-5-3-2-4-9(10)12(13)14/h2-5,8H,6-7H2,1H3. The molecule has 1 aromatic carbocycles. The van der Waals surface area contributed by atoms with Crippen LogP contribution in [-0.2, 0) is 0 Å². The molecule has 1 aromatic rings. The fraction of sp³-hybridized carbons (Fsp3) is 0.400. The molecule has 0 bridgehead atoms. The van der Waals surface area contributed by atoms with Crippen molar-refractivity contribution in [1.82, 2.24) is 0 Å². The molecular formula is C10H12ClNO3. The number of nitrogens with zero attached hydrogens (tertiary/aromatic N) is 1. The van der Waals surface area contributed by atoms with Gasteiger partial charge in [0.05, 0.1) is 11.5 Å². The van der Waals surface area contributed by atoms with Gasteiger partial charge in [0.25, 0.3) is 0 Å². The highest BCUT2D eigenvalue weighted by molar-refractivity contribution is 6.18. The van der Waals surface area contributed by atoms with E-state index in [9.17, 15) is 10.1 Å². The zero-order valence-electron chi connectivity index (χ0n) is 8.35. The number of ether oxygens (including phenoxy) is 1. The molecule has 0 N–H and O–H groups in total. The first-order valence-electron chi connectivity index (χ1n) is 4.57. The first-order valence-corrected chi connectivity index (χ1v) is 5.10. The van der Waals surface area contributed by atoms with Crippen molar-refractivity contribution in [3.63, 3.8) is 0 Å². The molecule has 0 amide bonds. The van der Waals surface area contributed by atoms with Crippen LogP contribution in [0.1, 0.15) is 6.92 Å². The SMILES string of the molecule is CC(CCl)COc1ccccc1[N+](=O)[O-]. The third kappa shape index (κ3) is 3.40. The number of nitro benzene ring substituents is 1. The summed E-state index contributed by atoms with van der Waals surface area (Å²) in [4.78, 5) is 10.2. The molecule has 82 valence electrons. The van der Waals surface area contributed by atoms with Gasteiger partial charge in [0.1, 0.15) is 0 Å². The summed E-state index contributed by atoms with van der Waals surface area (Å²) in [5.74, 6) is 0.937. The third-order valence-electron chi connectivity index (χ3n) is 1.85. The highest BCUT2D eigenvalue weighted by Crippen LogP contribution is 2.26. The second-order valence-corrected chi connectivity index (χ2v) is 3.60. The molecule has 0 saturated carbocycles. The Kier molecular flexibility index (Phi) is 4.37. The summed E-state index contributed by atoms with van der Waals surface area (Å²) in [6, 6.07) is 6.31. The van der Waals surface area contributed by atoms with Crippen LogP contribution in [0.15, 0.2) is 24.3 Å². The summed E-state index contributed by atoms with van der Waals surface area (Å²) in [7, 11) is 0. The van der Waals surface area contributed by atoms with Crippen molar-refractivity contribution in [2.45, 2.75) is 6.92 Å². The minimum Gasteiger partial charge on any atom is -0.486 e. The Bertz CT molecular complexity index is 343. The Hall–Kier alpha value is -1.29. The number of alkyl halides is 1. The van der Waals surface area contributed by atoms with E-state index < -0.39 is 4.92 Å². The van der Waals surface area contributed by atoms with Gasteiger partial charge >= 0.3 is 5.69 Å². The van der Waals surface area contributed by atoms with Gasteiger partial charge in [-0.2, -0.15) is 0 Å². The molecule has 4 nitrogen and oxygen atoms in total. The van der Waals surface area contributed by atoms with Crippen LogP contribution in [0.4, 0.5) is 5.69 Å². The summed E-state index contributed by atoms with van der Waals surface area (Å²) >= 11 is 5.61. The summed E-state index contributed by atoms with van der Waals surface area (Å²) in [6.07, 6.45) is 0. The fourth-order valence-corrected chi connectivity index (χ4v) is 1.10. The Labute approximate surface area is 93.0 Å². The van der Waals surface area contributed by atoms with Gasteiger partial charge in [-0.3, -0.25) is 10.1 Å². The van der Waals surface area contributed by atoms with Crippen molar-refractivity contribution in [3.8, 4) is 5.75 Å². The van der Waals surface area contributed by atoms with E-state index in [1.165, 1.54) is 6.07 Å². The van der Waals surface area contributed by atoms with Crippen LogP contribution in [0.2, 0.25) is 0 Å². The van der Waals surface area contributed by atoms with Crippen molar-refractivity contribution in [1.29, 1.82) is 0 Å². The van der Waals surface area contributed by atoms with Crippen LogP contribution < -0.4 is 4.74 Å². The van der Waals surface area contributed by atoms with E-state index in [1.54, 1.807) is 18.2 Å². The van der Waals surface area contributed by atoms with Gasteiger partial charge in [0, 0.05) is 17.9 Å². The highest BCUT2D eigenvalue weighted by Gasteiger charge is 2.14. The van der Waals surface area contributed by atoms with E-state index in [2.05, 4.69) is 0 Å². The largest absolute Gasteiger partial charge is 0.486 e. The zero-order valence-corrected chi connectivity index (χ0v) is 9.11. The van der Waals surface area contributed by atoms with E-state index in [4.69, 9.17) is 16.3 Å². The molecule has 0 aromatic heterocycles. The lowest BCUT2D eigenvalue weighted by Crippen LogP contribution is -2.10. The van der Waals surface area contributed by atoms with Crippen molar-refractivity contribution in [2.24, 2.45) is 5.92 Å². The molecule has 0 fully saturated rings. The molecular weight excluding hydrogens is 218 g/mol. The number of hydrogen-bond acceptors (Lipinski definition) is 3. The number of halogens is 1. The maximum Gasteiger partial charge on any atom is 0.310 e. The first-order chi connectivity index (χ1) is 7.15. The van der Waals surface area contributed by atoms with Crippen molar-refractivity contribution < 1.29 is 9.66 Å². The number of nitro groups is 1. The van der Waals surface area contributed by atoms with Crippen LogP contribution >= 0.6 is 11.6 Å². The first kappa shape index (κ1) is 11.8. The van der Waals surface area contributed by atoms with Gasteiger partial charge < -0.3 is 4.74 Å². The summed E-state index contributed by atoms with van der Waals surface area (Å²) < 4.78 is 5.32. The van der Waals surface area contributed by atoms with E-state index in [0.29, 0.717) is 18.2 Å². The predicted molar refractivity (Wildman–Crippen MR) is 58.5 cm³/mol. The second-order valence-electron chi connectivity index (χ2n) is 3.30. The molecule has 1 rings (SSSR count). The summed E-state index contributed by atoms with van der Waals surface area (Å²) in [6.45, 7) is 2.30. The minimum atomic E-state index is -0.458. The average Bonchev–Trinajstić information content (AvgIpc) is 2.26. The van der Waals surface area contributed by atoms with Crippen LogP contribution in [0, 0.1) is 16.0 Å². The third-order valence-corrected chi connectivity index (χ3v) is 2.38. The number of benzene rings is 1. The monoisotopic (exact) mass is 229 g/mol. The Balaban J connectivity index is 2.72. The topological polar surface area (TPSA) is 52.4 Å². The van der Waals surface area contributed by atoms with E-state index in [1.807, 2.05) is 6.92 Å². The molecule has 15 heavy (non-hydrogen) atoms. The van der Waals surface area contributed by atoms with Gasteiger partial charge in [-0.05, 0) is 6.07 Å². The van der Waals surface area contributed by atoms with Gasteiger partial charge in [0.15, 0.2) is 5.75 Å². The Morgan fingerprint density at radius 3 is 2.80 bits per heavy atom. The van der Waals surface area contributed by atoms with E-state index in [-0.39, 0.29) is 11.6 Å². The van der Waals surface area contributed by atoms with E-state index >= 15 is 0 Å². The van der Waals surface area contributed by atoms with Crippen molar-refractivity contribution in [2.75, 3.05) is 12.5 Å². The van der Waals surface area contributed by atoms with Crippen LogP contribution in [-0.4, -0.2) is 17.4 Å². The molecule has 0 aliphatic rings. The predicted octanol–water partition coefficient (Wildman–Crippen LogP) is 2.85. The Morgan fingerprint density at radius 1 is 1.53 bits per heavy atom. The normalized spacial score (nSPS) is 12.1. The molecule has 5 heteroatoms. The number of rotatable bonds is 5. The molecule has 0 spiro atoms. The quantitative estimate of drug-likeness (QED) is 0.443. The van der Waals surface area contributed by atoms with Crippen LogP contribution in [0.25, 0.3) is 0 Å². The summed E-state index contributed by atoms with van der Waals surface area (Å²) in [5, 5.41) is 10.6. The second kappa shape index (κ2) is 5.56. The zero-order chi connectivity index (χ0) is 11.3. The number of hydrogen-bond donors (Lipinski definition) is 0. The van der Waals surface area contributed by atoms with E-state index in [0.717, 1.165) is 0 Å². The molecule has 0 radical (unpaired) electrons. The van der Waals surface area contributed by atoms with Crippen LogP contribution in [0.5, 0.6) is 5.75 Å². The van der Waals surface area contributed by atoms with Gasteiger partial charge in [0.2, 0.25) is 0 Å². The minimum absolute atomic E-state index is 0.0146. The fourth-order valence-electron chi connectivity index (χ4n) is 1.01. The molecule has 0 aliphatic carbocycles. The number of para-hydroxylation sites is 2. The molecule has 0 saturated heterocycles. The smallest absolute Gasteiger partial charge is 0.310 e. The molecule has 0 heterocycles. The maximum absolute atomic E-state index is 10.6. The van der Waals surface area contributed by atoms with Gasteiger partial charge in [-0.15, -0.1) is 11.6 Å². The van der Waals surface area contributed by atoms with Crippen molar-refractivity contribution in [3.05, 3.63) is 34.4 Å². The lowest BCUT2D eigenvalue weighted by Gasteiger charge is -2.09. The van der Waals surface area contributed by atoms with Gasteiger partial charge in [-0.25, -0.2) is 0 Å². The Morgan fingerprint density at radius 2 is 2.20 bits per heavy atom.